The minimum Gasteiger partial charge on any atom is -0.457 e. The van der Waals surface area contributed by atoms with Crippen LogP contribution < -0.4 is 0 Å². The number of hydrogen-bond donors (Lipinski definition) is 4. The Morgan fingerprint density at radius 1 is 0.527 bits per heavy atom. The van der Waals surface area contributed by atoms with Crippen LogP contribution in [0.25, 0.3) is 0 Å². The molecule has 422 valence electrons. The number of hydrogen-bond acceptors (Lipinski definition) is 11. The molecule has 0 aromatic heterocycles. The lowest BCUT2D eigenvalue weighted by Crippen LogP contribution is -2.60. The molecule has 1 saturated heterocycles. The van der Waals surface area contributed by atoms with Crippen molar-refractivity contribution in [2.75, 3.05) is 26.4 Å². The Bertz CT molecular complexity index is 1740. The van der Waals surface area contributed by atoms with Gasteiger partial charge in [-0.1, -0.05) is 200 Å². The Kier molecular flexibility index (Phi) is 46.6. The van der Waals surface area contributed by atoms with Crippen LogP contribution in [-0.2, 0) is 38.3 Å². The fourth-order valence-corrected chi connectivity index (χ4v) is 8.34. The molecule has 0 bridgehead atoms. The Morgan fingerprint density at radius 2 is 0.932 bits per heavy atom. The minimum atomic E-state index is -5.08. The smallest absolute Gasteiger partial charge is 0.397 e. The van der Waals surface area contributed by atoms with E-state index in [0.717, 1.165) is 128 Å². The summed E-state index contributed by atoms with van der Waals surface area (Å²) in [6, 6.07) is 0. The van der Waals surface area contributed by atoms with Gasteiger partial charge in [0.1, 0.15) is 30.5 Å². The van der Waals surface area contributed by atoms with Crippen molar-refractivity contribution in [3.05, 3.63) is 122 Å². The van der Waals surface area contributed by atoms with E-state index in [1.165, 1.54) is 38.5 Å². The molecule has 1 aliphatic rings. The second-order valence-corrected chi connectivity index (χ2v) is 19.8. The van der Waals surface area contributed by atoms with Gasteiger partial charge in [0, 0.05) is 13.0 Å². The van der Waals surface area contributed by atoms with Gasteiger partial charge in [-0.3, -0.25) is 9.35 Å². The molecule has 6 atom stereocenters. The first kappa shape index (κ1) is 68.5. The largest absolute Gasteiger partial charge is 0.457 e. The van der Waals surface area contributed by atoms with Gasteiger partial charge < -0.3 is 34.3 Å². The molecule has 1 aliphatic heterocycles. The third-order valence-electron chi connectivity index (χ3n) is 12.1. The maximum atomic E-state index is 12.9. The highest BCUT2D eigenvalue weighted by atomic mass is 32.3. The molecule has 6 unspecified atom stereocenters. The lowest BCUT2D eigenvalue weighted by Gasteiger charge is -2.41. The number of carbonyl (C=O) groups excluding carboxylic acids is 1. The summed E-state index contributed by atoms with van der Waals surface area (Å²) in [6.45, 7) is 3.78. The monoisotopic (exact) mass is 1060 g/mol. The van der Waals surface area contributed by atoms with Crippen molar-refractivity contribution in [3.8, 4) is 0 Å². The summed E-state index contributed by atoms with van der Waals surface area (Å²) in [4.78, 5) is 12.9. The molecule has 4 N–H and O–H groups in total. The molecule has 0 radical (unpaired) electrons. The van der Waals surface area contributed by atoms with Crippen LogP contribution in [0.4, 0.5) is 0 Å². The first-order valence-electron chi connectivity index (χ1n) is 28.3. The number of aliphatic hydroxyl groups excluding tert-OH is 3. The van der Waals surface area contributed by atoms with Gasteiger partial charge in [-0.25, -0.2) is 4.18 Å². The lowest BCUT2D eigenvalue weighted by molar-refractivity contribution is -0.301. The molecule has 12 nitrogen and oxygen atoms in total. The van der Waals surface area contributed by atoms with Crippen LogP contribution in [0.2, 0.25) is 0 Å². The highest BCUT2D eigenvalue weighted by Crippen LogP contribution is 2.26. The summed E-state index contributed by atoms with van der Waals surface area (Å²) in [5, 5.41) is 30.8. The second kappa shape index (κ2) is 50.3. The molecule has 74 heavy (non-hydrogen) atoms. The number of esters is 1. The number of ether oxygens (including phenoxy) is 4. The Balaban J connectivity index is 2.37. The summed E-state index contributed by atoms with van der Waals surface area (Å²) in [7, 11) is -5.08. The van der Waals surface area contributed by atoms with E-state index in [1.807, 2.05) is 0 Å². The van der Waals surface area contributed by atoms with E-state index in [4.69, 9.17) is 18.9 Å². The van der Waals surface area contributed by atoms with Crippen LogP contribution in [-0.4, -0.2) is 97.5 Å². The van der Waals surface area contributed by atoms with Gasteiger partial charge in [-0.05, 0) is 109 Å². The Hall–Kier alpha value is -3.50. The standard InChI is InChI=1S/C61H100O12S/c1-3-5-7-9-11-13-15-17-19-21-23-25-26-27-28-29-31-33-35-37-39-41-43-45-47-49-51-69-53-55(54-70-61-59(65)60(73-74(66,67)68)58(64)56(52-62)72-61)71-57(63)50-48-46-44-42-40-38-36-34-32-30-24-22-20-18-16-14-12-10-8-6-4-2/h5,7,11,13,16-19,22-25,27-28,31-34,37,39,55-56,58-62,64-65H,3-4,6,8-10,12,14-15,20-21,26,29-30,35-36,38,40-54H2,1-2H3,(H,66,67,68)/b7-5-,13-11-,18-16-,19-17-,24-22-,25-23-,28-27-,33-31-,34-32-,39-37-. The number of carbonyl (C=O) groups is 1. The van der Waals surface area contributed by atoms with Crippen molar-refractivity contribution in [3.63, 3.8) is 0 Å². The van der Waals surface area contributed by atoms with Crippen LogP contribution in [0.15, 0.2) is 122 Å². The van der Waals surface area contributed by atoms with E-state index in [-0.39, 0.29) is 19.6 Å². The van der Waals surface area contributed by atoms with Crippen LogP contribution >= 0.6 is 0 Å². The fourth-order valence-electron chi connectivity index (χ4n) is 7.84. The number of unbranched alkanes of at least 4 members (excludes halogenated alkanes) is 15. The van der Waals surface area contributed by atoms with Crippen molar-refractivity contribution >= 4 is 16.4 Å². The van der Waals surface area contributed by atoms with Gasteiger partial charge in [-0.2, -0.15) is 8.42 Å². The molecule has 0 aromatic carbocycles. The molecule has 1 rings (SSSR count). The van der Waals surface area contributed by atoms with Crippen molar-refractivity contribution in [1.82, 2.24) is 0 Å². The fraction of sp³-hybridized carbons (Fsp3) is 0.656. The third kappa shape index (κ3) is 42.7. The number of aliphatic hydroxyl groups is 3. The molecule has 0 amide bonds. The molecule has 0 saturated carbocycles. The molecule has 1 heterocycles. The molecular weight excluding hydrogens is 957 g/mol. The zero-order chi connectivity index (χ0) is 53.8. The van der Waals surface area contributed by atoms with Gasteiger partial charge in [0.05, 0.1) is 19.8 Å². The summed E-state index contributed by atoms with van der Waals surface area (Å²) >= 11 is 0. The van der Waals surface area contributed by atoms with Gasteiger partial charge in [0.15, 0.2) is 6.29 Å². The van der Waals surface area contributed by atoms with Crippen LogP contribution in [0.3, 0.4) is 0 Å². The third-order valence-corrected chi connectivity index (χ3v) is 12.5. The Labute approximate surface area is 449 Å². The van der Waals surface area contributed by atoms with Crippen LogP contribution in [0.1, 0.15) is 194 Å². The van der Waals surface area contributed by atoms with Crippen molar-refractivity contribution in [2.24, 2.45) is 0 Å². The maximum Gasteiger partial charge on any atom is 0.397 e. The van der Waals surface area contributed by atoms with E-state index in [1.54, 1.807) is 0 Å². The molecule has 13 heteroatoms. The average molecular weight is 1060 g/mol. The highest BCUT2D eigenvalue weighted by molar-refractivity contribution is 7.80. The van der Waals surface area contributed by atoms with Crippen molar-refractivity contribution in [2.45, 2.75) is 230 Å². The van der Waals surface area contributed by atoms with E-state index < -0.39 is 59.8 Å². The van der Waals surface area contributed by atoms with E-state index in [0.29, 0.717) is 13.0 Å². The molecular formula is C61H100O12S. The SMILES string of the molecule is CC/C=C\C/C=C\C/C=C\C/C=C\C/C=C\C/C=C\C/C=C\CCCCCCOCC(COC1OC(CO)C(O)C(OS(=O)(=O)O)C1O)OC(=O)CCCCCCCC/C=C\C/C=C\C/C=C\CCCCCCC. The molecule has 0 aliphatic carbocycles. The maximum absolute atomic E-state index is 12.9. The lowest BCUT2D eigenvalue weighted by atomic mass is 9.99. The number of allylic oxidation sites excluding steroid dienone is 20. The normalized spacial score (nSPS) is 19.7. The highest BCUT2D eigenvalue weighted by Gasteiger charge is 2.48. The average Bonchev–Trinajstić information content (AvgIpc) is 3.38. The first-order valence-corrected chi connectivity index (χ1v) is 29.7. The summed E-state index contributed by atoms with van der Waals surface area (Å²) < 4.78 is 59.4. The van der Waals surface area contributed by atoms with Gasteiger partial charge in [0.25, 0.3) is 0 Å². The van der Waals surface area contributed by atoms with E-state index in [2.05, 4.69) is 140 Å². The summed E-state index contributed by atoms with van der Waals surface area (Å²) in [5.41, 5.74) is 0. The van der Waals surface area contributed by atoms with E-state index in [9.17, 15) is 33.1 Å². The Morgan fingerprint density at radius 3 is 1.36 bits per heavy atom. The second-order valence-electron chi connectivity index (χ2n) is 18.8. The van der Waals surface area contributed by atoms with E-state index >= 15 is 0 Å². The topological polar surface area (TPSA) is 178 Å². The first-order chi connectivity index (χ1) is 36.1. The summed E-state index contributed by atoms with van der Waals surface area (Å²) in [6.07, 6.45) is 63.7. The van der Waals surface area contributed by atoms with Crippen molar-refractivity contribution < 1.29 is 56.2 Å². The predicted octanol–water partition coefficient (Wildman–Crippen LogP) is 14.1. The molecule has 0 aromatic rings. The van der Waals surface area contributed by atoms with Gasteiger partial charge >= 0.3 is 16.4 Å². The van der Waals surface area contributed by atoms with Crippen LogP contribution in [0.5, 0.6) is 0 Å². The van der Waals surface area contributed by atoms with Gasteiger partial charge in [-0.15, -0.1) is 0 Å². The predicted molar refractivity (Wildman–Crippen MR) is 303 cm³/mol. The number of rotatable bonds is 48. The summed E-state index contributed by atoms with van der Waals surface area (Å²) in [5.74, 6) is -0.426. The quantitative estimate of drug-likeness (QED) is 0.0196. The van der Waals surface area contributed by atoms with Crippen LogP contribution in [0, 0.1) is 0 Å². The van der Waals surface area contributed by atoms with Crippen molar-refractivity contribution in [1.29, 1.82) is 0 Å². The zero-order valence-electron chi connectivity index (χ0n) is 45.6. The minimum absolute atomic E-state index is 0.00424. The van der Waals surface area contributed by atoms with Gasteiger partial charge in [0.2, 0.25) is 0 Å². The molecule has 1 fully saturated rings. The molecule has 0 spiro atoms. The zero-order valence-corrected chi connectivity index (χ0v) is 46.4.